The van der Waals surface area contributed by atoms with Crippen molar-refractivity contribution >= 4 is 11.7 Å². The van der Waals surface area contributed by atoms with Crippen molar-refractivity contribution in [1.29, 1.82) is 0 Å². The number of nitrogens with one attached hydrogen (secondary N) is 2. The second kappa shape index (κ2) is 6.13. The second-order valence-corrected chi connectivity index (χ2v) is 5.49. The molecule has 1 aromatic heterocycles. The van der Waals surface area contributed by atoms with Crippen LogP contribution < -0.4 is 5.32 Å². The third-order valence-electron chi connectivity index (χ3n) is 3.88. The SMILES string of the molecule is Cc1ccc(F)c(NC(=O)N2CCCCC2c2ncn[nH]2)c1. The molecule has 1 aromatic carbocycles. The first-order valence-electron chi connectivity index (χ1n) is 7.34. The van der Waals surface area contributed by atoms with E-state index in [1.54, 1.807) is 17.0 Å². The molecule has 2 N–H and O–H groups in total. The van der Waals surface area contributed by atoms with Crippen LogP contribution >= 0.6 is 0 Å². The third-order valence-corrected chi connectivity index (χ3v) is 3.88. The fourth-order valence-electron chi connectivity index (χ4n) is 2.76. The monoisotopic (exact) mass is 303 g/mol. The summed E-state index contributed by atoms with van der Waals surface area (Å²) >= 11 is 0. The van der Waals surface area contributed by atoms with Crippen LogP contribution in [0.25, 0.3) is 0 Å². The molecular formula is C15H18FN5O. The minimum absolute atomic E-state index is 0.149. The summed E-state index contributed by atoms with van der Waals surface area (Å²) in [6, 6.07) is 4.19. The van der Waals surface area contributed by atoms with Gasteiger partial charge >= 0.3 is 6.03 Å². The Morgan fingerprint density at radius 3 is 3.09 bits per heavy atom. The highest BCUT2D eigenvalue weighted by Crippen LogP contribution is 2.29. The van der Waals surface area contributed by atoms with E-state index >= 15 is 0 Å². The van der Waals surface area contributed by atoms with Crippen molar-refractivity contribution in [2.24, 2.45) is 0 Å². The molecular weight excluding hydrogens is 285 g/mol. The summed E-state index contributed by atoms with van der Waals surface area (Å²) in [4.78, 5) is 18.4. The minimum atomic E-state index is -0.438. The summed E-state index contributed by atoms with van der Waals surface area (Å²) in [5.74, 6) is 0.228. The molecule has 0 bridgehead atoms. The number of amides is 2. The average molecular weight is 303 g/mol. The number of hydrogen-bond donors (Lipinski definition) is 2. The summed E-state index contributed by atoms with van der Waals surface area (Å²) in [5.41, 5.74) is 1.09. The van der Waals surface area contributed by atoms with Gasteiger partial charge in [0.1, 0.15) is 18.0 Å². The predicted octanol–water partition coefficient (Wildman–Crippen LogP) is 3.01. The lowest BCUT2D eigenvalue weighted by atomic mass is 10.0. The Kier molecular flexibility index (Phi) is 4.04. The van der Waals surface area contributed by atoms with Crippen molar-refractivity contribution in [3.63, 3.8) is 0 Å². The number of hydrogen-bond acceptors (Lipinski definition) is 3. The van der Waals surface area contributed by atoms with Crippen molar-refractivity contribution in [2.45, 2.75) is 32.2 Å². The molecule has 1 atom stereocenters. The quantitative estimate of drug-likeness (QED) is 0.895. The van der Waals surface area contributed by atoms with Crippen molar-refractivity contribution in [1.82, 2.24) is 20.1 Å². The lowest BCUT2D eigenvalue weighted by molar-refractivity contribution is 0.159. The number of anilines is 1. The summed E-state index contributed by atoms with van der Waals surface area (Å²) < 4.78 is 13.8. The molecule has 6 nitrogen and oxygen atoms in total. The number of benzene rings is 1. The number of nitrogens with zero attached hydrogens (tertiary/aromatic N) is 3. The largest absolute Gasteiger partial charge is 0.322 e. The molecule has 1 unspecified atom stereocenters. The highest BCUT2D eigenvalue weighted by atomic mass is 19.1. The molecule has 2 aromatic rings. The zero-order valence-electron chi connectivity index (χ0n) is 12.3. The molecule has 2 amide bonds. The Morgan fingerprint density at radius 1 is 1.45 bits per heavy atom. The number of urea groups is 1. The van der Waals surface area contributed by atoms with Crippen LogP contribution in [0.4, 0.5) is 14.9 Å². The first-order chi connectivity index (χ1) is 10.6. The molecule has 2 heterocycles. The van der Waals surface area contributed by atoms with E-state index in [-0.39, 0.29) is 17.8 Å². The zero-order valence-corrected chi connectivity index (χ0v) is 12.3. The summed E-state index contributed by atoms with van der Waals surface area (Å²) in [5, 5.41) is 9.33. The Bertz CT molecular complexity index is 658. The standard InChI is InChI=1S/C15H18FN5O/c1-10-5-6-11(16)12(8-10)19-15(22)21-7-3-2-4-13(21)14-17-9-18-20-14/h5-6,8-9,13H,2-4,7H2,1H3,(H,19,22)(H,17,18,20). The molecule has 1 saturated heterocycles. The fraction of sp³-hybridized carbons (Fsp3) is 0.400. The lowest BCUT2D eigenvalue weighted by Crippen LogP contribution is -2.41. The highest BCUT2D eigenvalue weighted by molar-refractivity contribution is 5.89. The van der Waals surface area contributed by atoms with Crippen LogP contribution in [0.2, 0.25) is 0 Å². The van der Waals surface area contributed by atoms with Crippen molar-refractivity contribution in [3.05, 3.63) is 41.7 Å². The molecule has 7 heteroatoms. The maximum atomic E-state index is 13.8. The smallest absolute Gasteiger partial charge is 0.314 e. The first-order valence-corrected chi connectivity index (χ1v) is 7.34. The predicted molar refractivity (Wildman–Crippen MR) is 79.8 cm³/mol. The Morgan fingerprint density at radius 2 is 2.32 bits per heavy atom. The van der Waals surface area contributed by atoms with Gasteiger partial charge in [0.15, 0.2) is 0 Å². The van der Waals surface area contributed by atoms with Gasteiger partial charge in [0, 0.05) is 6.54 Å². The Hall–Kier alpha value is -2.44. The van der Waals surface area contributed by atoms with Crippen LogP contribution in [0.3, 0.4) is 0 Å². The van der Waals surface area contributed by atoms with E-state index in [0.29, 0.717) is 12.4 Å². The molecule has 3 rings (SSSR count). The Balaban J connectivity index is 1.79. The molecule has 0 aliphatic carbocycles. The van der Waals surface area contributed by atoms with Crippen LogP contribution in [0.15, 0.2) is 24.5 Å². The fourth-order valence-corrected chi connectivity index (χ4v) is 2.76. The van der Waals surface area contributed by atoms with E-state index in [2.05, 4.69) is 20.5 Å². The summed E-state index contributed by atoms with van der Waals surface area (Å²) in [6.45, 7) is 2.47. The van der Waals surface area contributed by atoms with Gasteiger partial charge in [-0.3, -0.25) is 5.10 Å². The number of H-pyrrole nitrogens is 1. The highest BCUT2D eigenvalue weighted by Gasteiger charge is 2.30. The normalized spacial score (nSPS) is 18.3. The molecule has 22 heavy (non-hydrogen) atoms. The topological polar surface area (TPSA) is 73.9 Å². The molecule has 116 valence electrons. The van der Waals surface area contributed by atoms with Crippen LogP contribution in [0.5, 0.6) is 0 Å². The van der Waals surface area contributed by atoms with Gasteiger partial charge in [-0.05, 0) is 43.9 Å². The van der Waals surface area contributed by atoms with E-state index < -0.39 is 5.82 Å². The van der Waals surface area contributed by atoms with Gasteiger partial charge in [0.05, 0.1) is 11.7 Å². The van der Waals surface area contributed by atoms with Gasteiger partial charge in [-0.15, -0.1) is 0 Å². The van der Waals surface area contributed by atoms with Gasteiger partial charge in [-0.25, -0.2) is 14.2 Å². The van der Waals surface area contributed by atoms with Gasteiger partial charge in [0.25, 0.3) is 0 Å². The molecule has 0 spiro atoms. The minimum Gasteiger partial charge on any atom is -0.314 e. The third kappa shape index (κ3) is 2.93. The summed E-state index contributed by atoms with van der Waals surface area (Å²) in [6.07, 6.45) is 4.20. The van der Waals surface area contributed by atoms with E-state index in [1.165, 1.54) is 12.4 Å². The molecule has 1 fully saturated rings. The number of aromatic amines is 1. The van der Waals surface area contributed by atoms with E-state index in [4.69, 9.17) is 0 Å². The van der Waals surface area contributed by atoms with Crippen LogP contribution in [0, 0.1) is 12.7 Å². The number of carbonyl (C=O) groups is 1. The number of likely N-dealkylation sites (tertiary alicyclic amines) is 1. The average Bonchev–Trinajstić information content (AvgIpc) is 3.05. The maximum Gasteiger partial charge on any atom is 0.322 e. The van der Waals surface area contributed by atoms with E-state index in [1.807, 2.05) is 6.92 Å². The van der Waals surface area contributed by atoms with Gasteiger partial charge in [0.2, 0.25) is 0 Å². The molecule has 1 aliphatic rings. The van der Waals surface area contributed by atoms with E-state index in [0.717, 1.165) is 24.8 Å². The molecule has 0 radical (unpaired) electrons. The first kappa shape index (κ1) is 14.5. The van der Waals surface area contributed by atoms with Crippen molar-refractivity contribution in [3.8, 4) is 0 Å². The van der Waals surface area contributed by atoms with E-state index in [9.17, 15) is 9.18 Å². The molecule has 0 saturated carbocycles. The lowest BCUT2D eigenvalue weighted by Gasteiger charge is -2.34. The Labute approximate surface area is 127 Å². The number of carbonyl (C=O) groups excluding carboxylic acids is 1. The van der Waals surface area contributed by atoms with Crippen LogP contribution in [-0.2, 0) is 0 Å². The molecule has 1 aliphatic heterocycles. The number of aromatic nitrogens is 3. The maximum absolute atomic E-state index is 13.8. The number of aryl methyl sites for hydroxylation is 1. The van der Waals surface area contributed by atoms with Gasteiger partial charge in [-0.2, -0.15) is 5.10 Å². The summed E-state index contributed by atoms with van der Waals surface area (Å²) in [7, 11) is 0. The number of halogens is 1. The van der Waals surface area contributed by atoms with Gasteiger partial charge in [-0.1, -0.05) is 6.07 Å². The number of rotatable bonds is 2. The van der Waals surface area contributed by atoms with Crippen molar-refractivity contribution in [2.75, 3.05) is 11.9 Å². The zero-order chi connectivity index (χ0) is 15.5. The van der Waals surface area contributed by atoms with Crippen LogP contribution in [0.1, 0.15) is 36.7 Å². The van der Waals surface area contributed by atoms with Gasteiger partial charge < -0.3 is 10.2 Å². The van der Waals surface area contributed by atoms with Crippen molar-refractivity contribution < 1.29 is 9.18 Å². The van der Waals surface area contributed by atoms with Crippen LogP contribution in [-0.4, -0.2) is 32.7 Å². The number of piperidine rings is 1. The second-order valence-electron chi connectivity index (χ2n) is 5.49.